The first-order valence-electron chi connectivity index (χ1n) is 30.0. The highest BCUT2D eigenvalue weighted by molar-refractivity contribution is 5.14. The van der Waals surface area contributed by atoms with Crippen LogP contribution in [0, 0.1) is 0 Å². The van der Waals surface area contributed by atoms with Gasteiger partial charge in [0, 0.05) is 0 Å². The van der Waals surface area contributed by atoms with E-state index in [4.69, 9.17) is 0 Å². The van der Waals surface area contributed by atoms with Crippen LogP contribution in [0.4, 0.5) is 0 Å². The summed E-state index contributed by atoms with van der Waals surface area (Å²) in [6, 6.07) is 11.0. The fraction of sp³-hybridized carbons (Fsp3) is 0.903. The standard InChI is InChI=1S/C62H118/c1-2-3-4-5-6-7-8-9-10-11-12-13-14-15-16-17-18-19-20-21-22-23-24-25-26-27-28-29-30-31-32-33-34-35-36-37-38-39-40-41-42-43-44-45-46-47-48-49-50-51-52-53-54-56-59-62-60-57-55-58-61-62/h55,57-58,60-61H,2-54,56,59H2,1H3. The van der Waals surface area contributed by atoms with E-state index in [2.05, 4.69) is 37.3 Å². The van der Waals surface area contributed by atoms with Crippen LogP contribution in [0.2, 0.25) is 0 Å². The van der Waals surface area contributed by atoms with Crippen molar-refractivity contribution in [3.63, 3.8) is 0 Å². The third-order valence-corrected chi connectivity index (χ3v) is 14.7. The average molecular weight is 864 g/mol. The number of benzene rings is 1. The van der Waals surface area contributed by atoms with Crippen LogP contribution in [0.3, 0.4) is 0 Å². The zero-order valence-electron chi connectivity index (χ0n) is 43.3. The van der Waals surface area contributed by atoms with E-state index in [1.807, 2.05) is 0 Å². The number of hydrogen-bond acceptors (Lipinski definition) is 0. The molecule has 0 nitrogen and oxygen atoms in total. The number of rotatable bonds is 55. The van der Waals surface area contributed by atoms with E-state index in [0.717, 1.165) is 0 Å². The second kappa shape index (κ2) is 54.6. The molecule has 0 heterocycles. The van der Waals surface area contributed by atoms with Gasteiger partial charge in [-0.2, -0.15) is 0 Å². The van der Waals surface area contributed by atoms with Crippen molar-refractivity contribution in [2.24, 2.45) is 0 Å². The van der Waals surface area contributed by atoms with Gasteiger partial charge in [-0.05, 0) is 18.4 Å². The van der Waals surface area contributed by atoms with Gasteiger partial charge in [-0.3, -0.25) is 0 Å². The molecule has 0 saturated heterocycles. The molecule has 1 aromatic carbocycles. The van der Waals surface area contributed by atoms with Crippen molar-refractivity contribution in [1.29, 1.82) is 0 Å². The molecule has 0 aliphatic heterocycles. The van der Waals surface area contributed by atoms with Gasteiger partial charge in [0.05, 0.1) is 0 Å². The van der Waals surface area contributed by atoms with E-state index in [1.165, 1.54) is 359 Å². The molecule has 0 spiro atoms. The maximum Gasteiger partial charge on any atom is -0.0279 e. The summed E-state index contributed by atoms with van der Waals surface area (Å²) in [5, 5.41) is 0. The molecule has 62 heavy (non-hydrogen) atoms. The van der Waals surface area contributed by atoms with Crippen molar-refractivity contribution in [2.75, 3.05) is 0 Å². The minimum atomic E-state index is 1.26. The first-order valence-corrected chi connectivity index (χ1v) is 30.0. The summed E-state index contributed by atoms with van der Waals surface area (Å²) >= 11 is 0. The van der Waals surface area contributed by atoms with Crippen LogP contribution in [0.1, 0.15) is 359 Å². The van der Waals surface area contributed by atoms with Crippen LogP contribution < -0.4 is 0 Å². The Labute approximate surface area is 394 Å². The van der Waals surface area contributed by atoms with Gasteiger partial charge < -0.3 is 0 Å². The minimum absolute atomic E-state index is 1.26. The van der Waals surface area contributed by atoms with E-state index in [9.17, 15) is 0 Å². The minimum Gasteiger partial charge on any atom is -0.0654 e. The maximum atomic E-state index is 2.31. The van der Waals surface area contributed by atoms with Gasteiger partial charge in [-0.25, -0.2) is 0 Å². The summed E-state index contributed by atoms with van der Waals surface area (Å²) < 4.78 is 0. The lowest BCUT2D eigenvalue weighted by Crippen LogP contribution is -1.86. The molecule has 0 atom stereocenters. The molecule has 0 fully saturated rings. The number of aryl methyl sites for hydroxylation is 1. The van der Waals surface area contributed by atoms with Crippen LogP contribution in [-0.4, -0.2) is 0 Å². The normalized spacial score (nSPS) is 11.6. The van der Waals surface area contributed by atoms with Crippen molar-refractivity contribution in [3.05, 3.63) is 35.9 Å². The predicted octanol–water partition coefficient (Wildman–Crippen LogP) is 23.3. The van der Waals surface area contributed by atoms with Crippen LogP contribution in [-0.2, 0) is 6.42 Å². The summed E-state index contributed by atoms with van der Waals surface area (Å²) in [5.41, 5.74) is 1.51. The van der Waals surface area contributed by atoms with Gasteiger partial charge in [0.1, 0.15) is 0 Å². The fourth-order valence-electron chi connectivity index (χ4n) is 10.2. The quantitative estimate of drug-likeness (QED) is 0.0573. The second-order valence-corrected chi connectivity index (χ2v) is 21.0. The third-order valence-electron chi connectivity index (χ3n) is 14.7. The fourth-order valence-corrected chi connectivity index (χ4v) is 10.2. The zero-order valence-corrected chi connectivity index (χ0v) is 43.3. The Morgan fingerprint density at radius 2 is 0.323 bits per heavy atom. The SMILES string of the molecule is CCCCCCCCCCCCCCCCCCCCCCCCCCCCCCCCCCCCCCCCCCCCCCCCCCCCCCCCc1ccccc1. The molecular weight excluding hydrogens is 745 g/mol. The summed E-state index contributed by atoms with van der Waals surface area (Å²) in [5.74, 6) is 0. The highest BCUT2D eigenvalue weighted by atomic mass is 14.1. The molecule has 1 rings (SSSR count). The largest absolute Gasteiger partial charge is 0.0654 e. The molecule has 0 radical (unpaired) electrons. The molecule has 1 aromatic rings. The van der Waals surface area contributed by atoms with E-state index in [-0.39, 0.29) is 0 Å². The first kappa shape index (κ1) is 59.2. The molecule has 0 saturated carbocycles. The lowest BCUT2D eigenvalue weighted by Gasteiger charge is -2.05. The highest BCUT2D eigenvalue weighted by Crippen LogP contribution is 2.19. The van der Waals surface area contributed by atoms with Crippen molar-refractivity contribution in [3.8, 4) is 0 Å². The van der Waals surface area contributed by atoms with E-state index in [0.29, 0.717) is 0 Å². The molecule has 0 aromatic heterocycles. The second-order valence-electron chi connectivity index (χ2n) is 21.0. The molecule has 366 valence electrons. The van der Waals surface area contributed by atoms with E-state index in [1.54, 1.807) is 0 Å². The Kier molecular flexibility index (Phi) is 52.1. The van der Waals surface area contributed by atoms with Gasteiger partial charge in [0.15, 0.2) is 0 Å². The van der Waals surface area contributed by atoms with Crippen LogP contribution in [0.15, 0.2) is 30.3 Å². The number of unbranched alkanes of at least 4 members (excludes halogenated alkanes) is 53. The molecule has 0 aliphatic carbocycles. The zero-order chi connectivity index (χ0) is 44.0. The molecular formula is C62H118. The summed E-state index contributed by atoms with van der Waals surface area (Å²) in [6.45, 7) is 2.31. The molecule has 0 N–H and O–H groups in total. The van der Waals surface area contributed by atoms with E-state index < -0.39 is 0 Å². The summed E-state index contributed by atoms with van der Waals surface area (Å²) in [4.78, 5) is 0. The molecule has 0 heteroatoms. The monoisotopic (exact) mass is 863 g/mol. The van der Waals surface area contributed by atoms with Crippen molar-refractivity contribution in [2.45, 2.75) is 360 Å². The average Bonchev–Trinajstić information content (AvgIpc) is 3.29. The highest BCUT2D eigenvalue weighted by Gasteiger charge is 2.00. The third kappa shape index (κ3) is 50.2. The van der Waals surface area contributed by atoms with Crippen molar-refractivity contribution < 1.29 is 0 Å². The van der Waals surface area contributed by atoms with Gasteiger partial charge in [-0.15, -0.1) is 0 Å². The Morgan fingerprint density at radius 3 is 0.484 bits per heavy atom. The molecule has 0 bridgehead atoms. The predicted molar refractivity (Wildman–Crippen MR) is 285 cm³/mol. The Balaban J connectivity index is 1.59. The Bertz CT molecular complexity index is 887. The lowest BCUT2D eigenvalue weighted by atomic mass is 10.0. The summed E-state index contributed by atoms with van der Waals surface area (Å²) in [7, 11) is 0. The molecule has 0 unspecified atom stereocenters. The smallest absolute Gasteiger partial charge is 0.0279 e. The van der Waals surface area contributed by atoms with Crippen molar-refractivity contribution in [1.82, 2.24) is 0 Å². The van der Waals surface area contributed by atoms with Crippen LogP contribution >= 0.6 is 0 Å². The van der Waals surface area contributed by atoms with Crippen LogP contribution in [0.25, 0.3) is 0 Å². The number of hydrogen-bond donors (Lipinski definition) is 0. The van der Waals surface area contributed by atoms with Gasteiger partial charge in [0.25, 0.3) is 0 Å². The maximum absolute atomic E-state index is 2.31. The molecule has 0 aliphatic rings. The van der Waals surface area contributed by atoms with Crippen LogP contribution in [0.5, 0.6) is 0 Å². The molecule has 0 amide bonds. The van der Waals surface area contributed by atoms with E-state index >= 15 is 0 Å². The van der Waals surface area contributed by atoms with Gasteiger partial charge in [0.2, 0.25) is 0 Å². The van der Waals surface area contributed by atoms with Gasteiger partial charge in [-0.1, -0.05) is 378 Å². The Hall–Kier alpha value is -0.780. The summed E-state index contributed by atoms with van der Waals surface area (Å²) in [6.07, 6.45) is 81.3. The Morgan fingerprint density at radius 1 is 0.177 bits per heavy atom. The van der Waals surface area contributed by atoms with Gasteiger partial charge >= 0.3 is 0 Å². The topological polar surface area (TPSA) is 0 Å². The van der Waals surface area contributed by atoms with Crippen molar-refractivity contribution >= 4 is 0 Å². The lowest BCUT2D eigenvalue weighted by molar-refractivity contribution is 0.507. The first-order chi connectivity index (χ1) is 30.9.